The van der Waals surface area contributed by atoms with Crippen molar-refractivity contribution in [2.75, 3.05) is 17.7 Å². The predicted octanol–water partition coefficient (Wildman–Crippen LogP) is 3.28. The van der Waals surface area contributed by atoms with E-state index in [9.17, 15) is 18.4 Å². The van der Waals surface area contributed by atoms with Crippen LogP contribution in [0.3, 0.4) is 0 Å². The van der Waals surface area contributed by atoms with Gasteiger partial charge in [-0.25, -0.2) is 9.48 Å². The maximum absolute atomic E-state index is 12.7. The number of fused-ring (bicyclic) bond motifs is 1. The summed E-state index contributed by atoms with van der Waals surface area (Å²) in [6.07, 6.45) is 5.26. The van der Waals surface area contributed by atoms with Crippen LogP contribution in [-0.2, 0) is 29.4 Å². The van der Waals surface area contributed by atoms with E-state index in [1.165, 1.54) is 29.2 Å². The number of nitrogens with one attached hydrogen (secondary N) is 2. The summed E-state index contributed by atoms with van der Waals surface area (Å²) in [4.78, 5) is 26.1. The van der Waals surface area contributed by atoms with Gasteiger partial charge in [0.1, 0.15) is 17.1 Å². The molecular formula is C21H23F2N7O4S. The van der Waals surface area contributed by atoms with E-state index >= 15 is 0 Å². The maximum Gasteiger partial charge on any atom is 0.388 e. The van der Waals surface area contributed by atoms with Gasteiger partial charge >= 0.3 is 12.6 Å². The zero-order valence-electron chi connectivity index (χ0n) is 19.0. The van der Waals surface area contributed by atoms with E-state index in [0.717, 1.165) is 29.7 Å². The molecule has 11 nitrogen and oxygen atoms in total. The highest BCUT2D eigenvalue weighted by Gasteiger charge is 2.35. The first-order valence-corrected chi connectivity index (χ1v) is 11.8. The first-order valence-electron chi connectivity index (χ1n) is 11.0. The Bertz CT molecular complexity index is 1270. The molecule has 5 rings (SSSR count). The third-order valence-corrected chi connectivity index (χ3v) is 7.29. The van der Waals surface area contributed by atoms with Crippen LogP contribution in [-0.4, -0.2) is 50.1 Å². The van der Waals surface area contributed by atoms with Crippen LogP contribution in [0.25, 0.3) is 0 Å². The zero-order chi connectivity index (χ0) is 24.7. The van der Waals surface area contributed by atoms with E-state index in [2.05, 4.69) is 30.7 Å². The fourth-order valence-corrected chi connectivity index (χ4v) is 5.42. The van der Waals surface area contributed by atoms with E-state index in [-0.39, 0.29) is 23.7 Å². The van der Waals surface area contributed by atoms with E-state index in [1.54, 1.807) is 13.4 Å². The van der Waals surface area contributed by atoms with Gasteiger partial charge in [0.15, 0.2) is 0 Å². The number of thiophene rings is 1. The summed E-state index contributed by atoms with van der Waals surface area (Å²) < 4.78 is 37.6. The van der Waals surface area contributed by atoms with Crippen LogP contribution >= 0.6 is 11.3 Å². The molecular weight excluding hydrogens is 484 g/mol. The number of halogens is 2. The fourth-order valence-electron chi connectivity index (χ4n) is 4.19. The van der Waals surface area contributed by atoms with Gasteiger partial charge in [0.25, 0.3) is 0 Å². The van der Waals surface area contributed by atoms with Gasteiger partial charge in [-0.1, -0.05) is 0 Å². The molecule has 0 bridgehead atoms. The second-order valence-electron chi connectivity index (χ2n) is 8.42. The molecule has 1 saturated carbocycles. The average Bonchev–Trinajstić information content (AvgIpc) is 3.34. The zero-order valence-corrected chi connectivity index (χ0v) is 19.8. The Morgan fingerprint density at radius 3 is 2.80 bits per heavy atom. The summed E-state index contributed by atoms with van der Waals surface area (Å²) in [5, 5.41) is 18.5. The van der Waals surface area contributed by atoms with Crippen LogP contribution < -0.4 is 15.4 Å². The van der Waals surface area contributed by atoms with Gasteiger partial charge in [0.05, 0.1) is 12.7 Å². The van der Waals surface area contributed by atoms with E-state index in [1.807, 2.05) is 4.57 Å². The van der Waals surface area contributed by atoms with Crippen LogP contribution in [0.2, 0.25) is 0 Å². The van der Waals surface area contributed by atoms with E-state index in [4.69, 9.17) is 4.74 Å². The van der Waals surface area contributed by atoms with E-state index < -0.39 is 12.6 Å². The summed E-state index contributed by atoms with van der Waals surface area (Å²) in [5.41, 5.74) is 1.24. The Labute approximate surface area is 202 Å². The highest BCUT2D eigenvalue weighted by molar-refractivity contribution is 7.17. The molecule has 0 unspecified atom stereocenters. The monoisotopic (exact) mass is 507 g/mol. The Hall–Kier alpha value is -3.55. The van der Waals surface area contributed by atoms with Crippen molar-refractivity contribution in [3.63, 3.8) is 0 Å². The van der Waals surface area contributed by atoms with Gasteiger partial charge in [-0.2, -0.15) is 8.78 Å². The van der Waals surface area contributed by atoms with Crippen molar-refractivity contribution in [2.45, 2.75) is 44.8 Å². The predicted molar refractivity (Wildman–Crippen MR) is 121 cm³/mol. The van der Waals surface area contributed by atoms with Gasteiger partial charge in [-0.3, -0.25) is 9.36 Å². The van der Waals surface area contributed by atoms with Crippen molar-refractivity contribution >= 4 is 40.0 Å². The third kappa shape index (κ3) is 4.70. The number of ether oxygens (including phenoxy) is 2. The number of esters is 1. The van der Waals surface area contributed by atoms with Crippen LogP contribution in [0.1, 0.15) is 46.1 Å². The summed E-state index contributed by atoms with van der Waals surface area (Å²) in [6, 6.07) is 1.25. The number of carbonyl (C=O) groups is 2. The molecule has 186 valence electrons. The van der Waals surface area contributed by atoms with Crippen LogP contribution in [0.4, 0.5) is 25.5 Å². The van der Waals surface area contributed by atoms with Crippen molar-refractivity contribution in [3.05, 3.63) is 28.4 Å². The molecule has 1 fully saturated rings. The van der Waals surface area contributed by atoms with Gasteiger partial charge in [0, 0.05) is 30.0 Å². The lowest BCUT2D eigenvalue weighted by Crippen LogP contribution is -2.21. The van der Waals surface area contributed by atoms with E-state index in [0.29, 0.717) is 35.2 Å². The molecule has 0 spiro atoms. The van der Waals surface area contributed by atoms with Gasteiger partial charge < -0.3 is 20.1 Å². The molecule has 1 atom stereocenters. The second-order valence-corrected chi connectivity index (χ2v) is 9.52. The van der Waals surface area contributed by atoms with Crippen LogP contribution in [0.5, 0.6) is 5.88 Å². The SMILES string of the molecule is COC(=O)c1c(NC(=O)C2CC2)sc2c1C[C@@H](n1cnnc1Nc1cc(OC(F)F)nn1C)CC2. The Morgan fingerprint density at radius 2 is 2.09 bits per heavy atom. The second kappa shape index (κ2) is 9.24. The first-order chi connectivity index (χ1) is 16.8. The number of hydrogen-bond acceptors (Lipinski definition) is 9. The number of carbonyl (C=O) groups excluding carboxylic acids is 2. The largest absolute Gasteiger partial charge is 0.465 e. The summed E-state index contributed by atoms with van der Waals surface area (Å²) in [7, 11) is 2.90. The number of aromatic nitrogens is 5. The minimum Gasteiger partial charge on any atom is -0.465 e. The lowest BCUT2D eigenvalue weighted by molar-refractivity contribution is -0.117. The number of methoxy groups -OCH3 is 1. The highest BCUT2D eigenvalue weighted by Crippen LogP contribution is 2.43. The summed E-state index contributed by atoms with van der Waals surface area (Å²) >= 11 is 1.42. The summed E-state index contributed by atoms with van der Waals surface area (Å²) in [6.45, 7) is -2.98. The number of rotatable bonds is 8. The van der Waals surface area contributed by atoms with Gasteiger partial charge in [0.2, 0.25) is 17.7 Å². The molecule has 2 aliphatic rings. The standard InChI is InChI=1S/C21H23F2N7O4S/c1-29-14(8-15(28-29)34-20(22)23)25-21-27-24-9-30(21)11-5-6-13-12(7-11)16(19(32)33-2)18(35-13)26-17(31)10-3-4-10/h8-11,20H,3-7H2,1-2H3,(H,25,27)(H,26,31)/t11-/m0/s1. The highest BCUT2D eigenvalue weighted by atomic mass is 32.1. The lowest BCUT2D eigenvalue weighted by atomic mass is 9.91. The van der Waals surface area contributed by atoms with Gasteiger partial charge in [-0.15, -0.1) is 26.6 Å². The normalized spacial score (nSPS) is 17.2. The number of nitrogens with zero attached hydrogens (tertiary/aromatic N) is 5. The fraction of sp³-hybridized carbons (Fsp3) is 0.476. The van der Waals surface area contributed by atoms with Crippen molar-refractivity contribution in [1.82, 2.24) is 24.5 Å². The number of amides is 1. The van der Waals surface area contributed by atoms with Crippen molar-refractivity contribution in [2.24, 2.45) is 13.0 Å². The number of alkyl halides is 2. The molecule has 3 aromatic rings. The van der Waals surface area contributed by atoms with Gasteiger partial charge in [-0.05, 0) is 37.7 Å². The molecule has 35 heavy (non-hydrogen) atoms. The number of anilines is 3. The molecule has 0 aromatic carbocycles. The minimum absolute atomic E-state index is 0.0108. The molecule has 3 heterocycles. The topological polar surface area (TPSA) is 125 Å². The minimum atomic E-state index is -2.98. The number of aryl methyl sites for hydroxylation is 2. The molecule has 3 aromatic heterocycles. The molecule has 14 heteroatoms. The molecule has 2 N–H and O–H groups in total. The average molecular weight is 508 g/mol. The van der Waals surface area contributed by atoms with Crippen molar-refractivity contribution < 1.29 is 27.8 Å². The molecule has 0 aliphatic heterocycles. The third-order valence-electron chi connectivity index (χ3n) is 6.08. The van der Waals surface area contributed by atoms with Crippen LogP contribution in [0, 0.1) is 5.92 Å². The smallest absolute Gasteiger partial charge is 0.388 e. The van der Waals surface area contributed by atoms with Crippen LogP contribution in [0.15, 0.2) is 12.4 Å². The molecule has 2 aliphatic carbocycles. The van der Waals surface area contributed by atoms with Crippen molar-refractivity contribution in [1.29, 1.82) is 0 Å². The molecule has 1 amide bonds. The molecule has 0 saturated heterocycles. The Balaban J connectivity index is 1.39. The maximum atomic E-state index is 12.7. The molecule has 0 radical (unpaired) electrons. The lowest BCUT2D eigenvalue weighted by Gasteiger charge is -2.25. The quantitative estimate of drug-likeness (QED) is 0.445. The van der Waals surface area contributed by atoms with Crippen molar-refractivity contribution in [3.8, 4) is 5.88 Å². The Morgan fingerprint density at radius 1 is 1.29 bits per heavy atom. The first kappa shape index (κ1) is 23.2. The number of hydrogen-bond donors (Lipinski definition) is 2. The Kier molecular flexibility index (Phi) is 6.13. The summed E-state index contributed by atoms with van der Waals surface area (Å²) in [5.74, 6) is 0.0148.